The Labute approximate surface area is 372 Å². The zero-order chi connectivity index (χ0) is 42.2. The standard InChI is InChI=1S/C61H40N2O/c1-2-16-45(17-3-1)62(48-18-14-15-43(39-48)41-31-36-47(37-32-41)63-57-25-10-5-20-50(57)51-21-6-11-26-58(51)63)46-34-29-42(30-35-46)44-33-38-54-52(40-44)49-19-4-7-22-53(49)61(54)55-23-8-12-27-59(55)64-60-28-13-9-24-56(60)61/h1-40H. The summed E-state index contributed by atoms with van der Waals surface area (Å²) in [6.07, 6.45) is 0. The summed E-state index contributed by atoms with van der Waals surface area (Å²) in [5, 5.41) is 2.53. The molecule has 10 aromatic carbocycles. The van der Waals surface area contributed by atoms with E-state index in [9.17, 15) is 0 Å². The van der Waals surface area contributed by atoms with Gasteiger partial charge in [-0.15, -0.1) is 0 Å². The molecule has 64 heavy (non-hydrogen) atoms. The van der Waals surface area contributed by atoms with Crippen molar-refractivity contribution in [1.82, 2.24) is 4.57 Å². The summed E-state index contributed by atoms with van der Waals surface area (Å²) in [4.78, 5) is 2.35. The summed E-state index contributed by atoms with van der Waals surface area (Å²) in [7, 11) is 0. The fourth-order valence-electron chi connectivity index (χ4n) is 10.7. The Morgan fingerprint density at radius 2 is 0.828 bits per heavy atom. The maximum atomic E-state index is 6.55. The van der Waals surface area contributed by atoms with E-state index in [0.29, 0.717) is 0 Å². The second-order valence-corrected chi connectivity index (χ2v) is 16.8. The molecule has 0 unspecified atom stereocenters. The molecule has 0 bridgehead atoms. The first-order valence-corrected chi connectivity index (χ1v) is 22.0. The molecule has 0 saturated carbocycles. The van der Waals surface area contributed by atoms with Crippen LogP contribution in [-0.4, -0.2) is 4.57 Å². The van der Waals surface area contributed by atoms with Crippen molar-refractivity contribution in [1.29, 1.82) is 0 Å². The number of nitrogens with zero attached hydrogens (tertiary/aromatic N) is 2. The molecule has 0 atom stereocenters. The third-order valence-corrected chi connectivity index (χ3v) is 13.5. The molecule has 1 aromatic heterocycles. The van der Waals surface area contributed by atoms with E-state index in [1.807, 2.05) is 0 Å². The minimum Gasteiger partial charge on any atom is -0.457 e. The molecule has 1 spiro atoms. The number of rotatable bonds is 6. The topological polar surface area (TPSA) is 17.4 Å². The van der Waals surface area contributed by atoms with Crippen LogP contribution in [0.2, 0.25) is 0 Å². The molecule has 0 fully saturated rings. The molecule has 300 valence electrons. The van der Waals surface area contributed by atoms with Gasteiger partial charge in [-0.25, -0.2) is 0 Å². The fraction of sp³-hybridized carbons (Fsp3) is 0.0164. The Kier molecular flexibility index (Phi) is 8.13. The Bertz CT molecular complexity index is 3490. The number of benzene rings is 10. The van der Waals surface area contributed by atoms with E-state index in [4.69, 9.17) is 4.74 Å². The van der Waals surface area contributed by atoms with E-state index in [2.05, 4.69) is 252 Å². The van der Waals surface area contributed by atoms with Gasteiger partial charge in [-0.1, -0.05) is 164 Å². The molecular formula is C61H40N2O. The monoisotopic (exact) mass is 816 g/mol. The van der Waals surface area contributed by atoms with Gasteiger partial charge in [0.25, 0.3) is 0 Å². The zero-order valence-corrected chi connectivity index (χ0v) is 34.9. The van der Waals surface area contributed by atoms with Crippen molar-refractivity contribution in [2.75, 3.05) is 4.90 Å². The van der Waals surface area contributed by atoms with E-state index >= 15 is 0 Å². The number of fused-ring (bicyclic) bond motifs is 12. The van der Waals surface area contributed by atoms with Crippen LogP contribution in [0, 0.1) is 0 Å². The molecule has 11 aromatic rings. The van der Waals surface area contributed by atoms with Gasteiger partial charge in [-0.05, 0) is 123 Å². The number of ether oxygens (including phenoxy) is 1. The smallest absolute Gasteiger partial charge is 0.132 e. The molecule has 13 rings (SSSR count). The molecule has 1 aliphatic carbocycles. The van der Waals surface area contributed by atoms with Crippen LogP contribution in [0.4, 0.5) is 17.1 Å². The minimum absolute atomic E-state index is 0.473. The molecular weight excluding hydrogens is 777 g/mol. The van der Waals surface area contributed by atoms with Crippen LogP contribution in [0.15, 0.2) is 243 Å². The molecule has 0 N–H and O–H groups in total. The van der Waals surface area contributed by atoms with Gasteiger partial charge in [0.1, 0.15) is 11.5 Å². The maximum absolute atomic E-state index is 6.55. The predicted octanol–water partition coefficient (Wildman–Crippen LogP) is 16.1. The first-order valence-electron chi connectivity index (χ1n) is 22.0. The summed E-state index contributed by atoms with van der Waals surface area (Å²) in [6, 6.07) is 87.9. The van der Waals surface area contributed by atoms with Crippen molar-refractivity contribution in [2.24, 2.45) is 0 Å². The lowest BCUT2D eigenvalue weighted by Gasteiger charge is -2.39. The summed E-state index contributed by atoms with van der Waals surface area (Å²) in [5.41, 5.74) is 18.5. The number of hydrogen-bond donors (Lipinski definition) is 0. The third-order valence-electron chi connectivity index (χ3n) is 13.5. The van der Waals surface area contributed by atoms with Gasteiger partial charge in [0.05, 0.1) is 16.4 Å². The molecule has 0 amide bonds. The average molecular weight is 817 g/mol. The second kappa shape index (κ2) is 14.3. The molecule has 2 heterocycles. The lowest BCUT2D eigenvalue weighted by atomic mass is 9.66. The molecule has 0 saturated heterocycles. The van der Waals surface area contributed by atoms with Crippen molar-refractivity contribution in [3.63, 3.8) is 0 Å². The molecule has 3 heteroatoms. The summed E-state index contributed by atoms with van der Waals surface area (Å²) in [5.74, 6) is 1.82. The van der Waals surface area contributed by atoms with E-state index in [1.165, 1.54) is 71.9 Å². The molecule has 0 radical (unpaired) electrons. The van der Waals surface area contributed by atoms with Crippen LogP contribution in [-0.2, 0) is 5.41 Å². The summed E-state index contributed by atoms with van der Waals surface area (Å²) >= 11 is 0. The molecule has 2 aliphatic rings. The van der Waals surface area contributed by atoms with Crippen molar-refractivity contribution in [2.45, 2.75) is 5.41 Å². The van der Waals surface area contributed by atoms with Crippen LogP contribution < -0.4 is 9.64 Å². The lowest BCUT2D eigenvalue weighted by Crippen LogP contribution is -2.32. The average Bonchev–Trinajstić information content (AvgIpc) is 3.85. The predicted molar refractivity (Wildman–Crippen MR) is 264 cm³/mol. The van der Waals surface area contributed by atoms with E-state index in [0.717, 1.165) is 39.8 Å². The number of hydrogen-bond acceptors (Lipinski definition) is 2. The summed E-state index contributed by atoms with van der Waals surface area (Å²) in [6.45, 7) is 0. The van der Waals surface area contributed by atoms with Gasteiger partial charge < -0.3 is 14.2 Å². The Morgan fingerprint density at radius 3 is 1.52 bits per heavy atom. The SMILES string of the molecule is c1ccc(N(c2ccc(-c3ccc4c(c3)-c3ccccc3C43c4ccccc4Oc4ccccc43)cc2)c2cccc(-c3ccc(-n4c5ccccc5c5ccccc54)cc3)c2)cc1. The largest absolute Gasteiger partial charge is 0.457 e. The van der Waals surface area contributed by atoms with Crippen molar-refractivity contribution < 1.29 is 4.74 Å². The number of anilines is 3. The van der Waals surface area contributed by atoms with Crippen molar-refractivity contribution >= 4 is 38.9 Å². The molecule has 1 aliphatic heterocycles. The van der Waals surface area contributed by atoms with Gasteiger partial charge in [0, 0.05) is 44.6 Å². The fourth-order valence-corrected chi connectivity index (χ4v) is 10.7. The highest BCUT2D eigenvalue weighted by Gasteiger charge is 2.50. The maximum Gasteiger partial charge on any atom is 0.132 e. The van der Waals surface area contributed by atoms with E-state index in [-0.39, 0.29) is 0 Å². The van der Waals surface area contributed by atoms with Crippen LogP contribution in [0.3, 0.4) is 0 Å². The van der Waals surface area contributed by atoms with Gasteiger partial charge in [0.2, 0.25) is 0 Å². The van der Waals surface area contributed by atoms with Crippen LogP contribution in [0.1, 0.15) is 22.3 Å². The number of aromatic nitrogens is 1. The first-order chi connectivity index (χ1) is 31.7. The van der Waals surface area contributed by atoms with E-state index < -0.39 is 5.41 Å². The van der Waals surface area contributed by atoms with Gasteiger partial charge in [-0.3, -0.25) is 0 Å². The summed E-state index contributed by atoms with van der Waals surface area (Å²) < 4.78 is 8.92. The van der Waals surface area contributed by atoms with Crippen molar-refractivity contribution in [3.8, 4) is 50.6 Å². The Balaban J connectivity index is 0.864. The van der Waals surface area contributed by atoms with Gasteiger partial charge in [-0.2, -0.15) is 0 Å². The zero-order valence-electron chi connectivity index (χ0n) is 34.9. The first kappa shape index (κ1) is 36.3. The lowest BCUT2D eigenvalue weighted by molar-refractivity contribution is 0.436. The molecule has 3 nitrogen and oxygen atoms in total. The second-order valence-electron chi connectivity index (χ2n) is 16.8. The van der Waals surface area contributed by atoms with Crippen molar-refractivity contribution in [3.05, 3.63) is 265 Å². The quantitative estimate of drug-likeness (QED) is 0.166. The third kappa shape index (κ3) is 5.41. The number of para-hydroxylation sites is 5. The van der Waals surface area contributed by atoms with Crippen LogP contribution >= 0.6 is 0 Å². The van der Waals surface area contributed by atoms with Gasteiger partial charge >= 0.3 is 0 Å². The van der Waals surface area contributed by atoms with Crippen LogP contribution in [0.5, 0.6) is 11.5 Å². The Morgan fingerprint density at radius 1 is 0.328 bits per heavy atom. The van der Waals surface area contributed by atoms with Gasteiger partial charge in [0.15, 0.2) is 0 Å². The van der Waals surface area contributed by atoms with Crippen LogP contribution in [0.25, 0.3) is 60.9 Å². The highest BCUT2D eigenvalue weighted by Crippen LogP contribution is 2.62. The Hall–Kier alpha value is -8.40. The van der Waals surface area contributed by atoms with E-state index in [1.54, 1.807) is 0 Å². The highest BCUT2D eigenvalue weighted by molar-refractivity contribution is 6.09. The highest BCUT2D eigenvalue weighted by atomic mass is 16.5. The minimum atomic E-state index is -0.473. The normalized spacial score (nSPS) is 12.9.